The minimum Gasteiger partial charge on any atom is -0.352 e. The van der Waals surface area contributed by atoms with Crippen LogP contribution in [0.15, 0.2) is 0 Å². The number of hydrogen-bond acceptors (Lipinski definition) is 4. The fourth-order valence-electron chi connectivity index (χ4n) is 0.370. The van der Waals surface area contributed by atoms with Gasteiger partial charge in [-0.05, 0) is 0 Å². The molecule has 0 aromatic heterocycles. The van der Waals surface area contributed by atoms with E-state index in [1.165, 1.54) is 0 Å². The highest BCUT2D eigenvalue weighted by molar-refractivity contribution is 7.78. The molecule has 1 aliphatic heterocycles. The molecule has 0 spiro atoms. The zero-order chi connectivity index (χ0) is 5.28. The summed E-state index contributed by atoms with van der Waals surface area (Å²) in [7, 11) is 1.59. The summed E-state index contributed by atoms with van der Waals surface area (Å²) in [5.74, 6) is 0. The quantitative estimate of drug-likeness (QED) is 0.390. The summed E-state index contributed by atoms with van der Waals surface area (Å²) in [5, 5.41) is 0. The third kappa shape index (κ3) is 1.07. The number of epoxide rings is 1. The molecule has 1 heterocycles. The molecule has 0 aromatic rings. The first-order valence-corrected chi connectivity index (χ1v) is 2.41. The van der Waals surface area contributed by atoms with Gasteiger partial charge in [0.05, 0.1) is 0 Å². The van der Waals surface area contributed by atoms with Crippen molar-refractivity contribution in [2.24, 2.45) is 0 Å². The van der Waals surface area contributed by atoms with Crippen LogP contribution < -0.4 is 4.72 Å². The van der Waals surface area contributed by atoms with Crippen LogP contribution in [0.2, 0.25) is 0 Å². The van der Waals surface area contributed by atoms with E-state index in [9.17, 15) is 0 Å². The second-order valence-corrected chi connectivity index (χ2v) is 1.55. The minimum atomic E-state index is -0.0718. The molecule has 0 aromatic carbocycles. The van der Waals surface area contributed by atoms with E-state index in [0.29, 0.717) is 0 Å². The van der Waals surface area contributed by atoms with Crippen molar-refractivity contribution in [1.29, 1.82) is 0 Å². The Morgan fingerprint density at radius 1 is 1.86 bits per heavy atom. The van der Waals surface area contributed by atoms with Gasteiger partial charge in [0.25, 0.3) is 0 Å². The molecule has 42 valence electrons. The second kappa shape index (κ2) is 2.00. The molecule has 2 atom stereocenters. The molecule has 1 saturated heterocycles. The average molecular weight is 121 g/mol. The van der Waals surface area contributed by atoms with Gasteiger partial charge >= 0.3 is 0 Å². The lowest BCUT2D eigenvalue weighted by Gasteiger charge is -1.83. The summed E-state index contributed by atoms with van der Waals surface area (Å²) in [4.78, 5) is 0. The van der Waals surface area contributed by atoms with Gasteiger partial charge in [-0.25, -0.2) is 4.72 Å². The summed E-state index contributed by atoms with van der Waals surface area (Å²) in [6.07, 6.45) is -0.0640. The fraction of sp³-hybridized carbons (Fsp3) is 1.00. The maximum atomic E-state index is 4.81. The van der Waals surface area contributed by atoms with Crippen LogP contribution in [0.1, 0.15) is 0 Å². The van der Waals surface area contributed by atoms with Crippen LogP contribution >= 0.6 is 12.8 Å². The number of hydrogen-bond donors (Lipinski definition) is 2. The average Bonchev–Trinajstić information content (AvgIpc) is 2.43. The third-order valence-electron chi connectivity index (χ3n) is 0.811. The van der Waals surface area contributed by atoms with Gasteiger partial charge < -0.3 is 9.47 Å². The van der Waals surface area contributed by atoms with E-state index < -0.39 is 0 Å². The van der Waals surface area contributed by atoms with Crippen molar-refractivity contribution in [3.8, 4) is 0 Å². The summed E-state index contributed by atoms with van der Waals surface area (Å²) in [5.41, 5.74) is 0. The molecule has 1 fully saturated rings. The lowest BCUT2D eigenvalue weighted by molar-refractivity contribution is 0.0950. The normalized spacial score (nSPS) is 38.6. The molecule has 1 aliphatic rings. The van der Waals surface area contributed by atoms with E-state index in [-0.39, 0.29) is 12.5 Å². The van der Waals surface area contributed by atoms with Gasteiger partial charge in [-0.15, -0.1) is 0 Å². The van der Waals surface area contributed by atoms with Crippen molar-refractivity contribution in [3.63, 3.8) is 0 Å². The molecule has 1 rings (SSSR count). The zero-order valence-corrected chi connectivity index (χ0v) is 4.81. The number of thiol groups is 1. The predicted octanol–water partition coefficient (Wildman–Crippen LogP) is -0.250. The molecule has 0 aliphatic carbocycles. The first-order valence-electron chi connectivity index (χ1n) is 1.96. The van der Waals surface area contributed by atoms with E-state index in [1.807, 2.05) is 0 Å². The molecule has 4 heteroatoms. The Kier molecular flexibility index (Phi) is 1.53. The van der Waals surface area contributed by atoms with Crippen molar-refractivity contribution < 1.29 is 9.47 Å². The van der Waals surface area contributed by atoms with Crippen molar-refractivity contribution in [1.82, 2.24) is 4.72 Å². The summed E-state index contributed by atoms with van der Waals surface area (Å²) < 4.78 is 12.1. The Hall–Kier alpha value is 0.230. The van der Waals surface area contributed by atoms with Gasteiger partial charge in [-0.2, -0.15) is 0 Å². The van der Waals surface area contributed by atoms with Crippen LogP contribution in [-0.4, -0.2) is 19.6 Å². The van der Waals surface area contributed by atoms with Crippen LogP contribution in [0.5, 0.6) is 0 Å². The van der Waals surface area contributed by atoms with Gasteiger partial charge in [-0.3, -0.25) is 0 Å². The first-order chi connectivity index (χ1) is 3.38. The first kappa shape index (κ1) is 5.37. The highest BCUT2D eigenvalue weighted by Crippen LogP contribution is 2.18. The largest absolute Gasteiger partial charge is 0.352 e. The molecule has 0 saturated carbocycles. The Bertz CT molecular complexity index is 62.0. The van der Waals surface area contributed by atoms with E-state index in [4.69, 9.17) is 9.47 Å². The molecule has 1 N–H and O–H groups in total. The van der Waals surface area contributed by atoms with Crippen molar-refractivity contribution >= 4 is 12.8 Å². The second-order valence-electron chi connectivity index (χ2n) is 1.29. The van der Waals surface area contributed by atoms with Crippen LogP contribution in [0.3, 0.4) is 0 Å². The predicted molar refractivity (Wildman–Crippen MR) is 27.8 cm³/mol. The molecule has 2 unspecified atom stereocenters. The molecule has 0 amide bonds. The molecular formula is C3H7NO2S. The molecular weight excluding hydrogens is 114 g/mol. The highest BCUT2D eigenvalue weighted by atomic mass is 32.1. The summed E-state index contributed by atoms with van der Waals surface area (Å²) in [6, 6.07) is 0. The maximum Gasteiger partial charge on any atom is 0.200 e. The summed E-state index contributed by atoms with van der Waals surface area (Å²) >= 11 is 3.74. The molecule has 7 heavy (non-hydrogen) atoms. The van der Waals surface area contributed by atoms with Gasteiger partial charge in [0, 0.05) is 7.11 Å². The Balaban J connectivity index is 2.06. The van der Waals surface area contributed by atoms with Crippen molar-refractivity contribution in [3.05, 3.63) is 0 Å². The lowest BCUT2D eigenvalue weighted by Crippen LogP contribution is -2.07. The number of ether oxygens (including phenoxy) is 2. The third-order valence-corrected chi connectivity index (χ3v) is 1.07. The van der Waals surface area contributed by atoms with Gasteiger partial charge in [-0.1, -0.05) is 12.8 Å². The monoisotopic (exact) mass is 121 g/mol. The zero-order valence-electron chi connectivity index (χ0n) is 3.92. The summed E-state index contributed by atoms with van der Waals surface area (Å²) in [6.45, 7) is 0. The topological polar surface area (TPSA) is 33.8 Å². The number of nitrogens with one attached hydrogen (secondary N) is 1. The van der Waals surface area contributed by atoms with Crippen LogP contribution in [0.25, 0.3) is 0 Å². The van der Waals surface area contributed by atoms with E-state index in [0.717, 1.165) is 0 Å². The van der Waals surface area contributed by atoms with E-state index >= 15 is 0 Å². The Morgan fingerprint density at radius 2 is 2.57 bits per heavy atom. The highest BCUT2D eigenvalue weighted by Gasteiger charge is 2.37. The van der Waals surface area contributed by atoms with Gasteiger partial charge in [0.15, 0.2) is 12.5 Å². The van der Waals surface area contributed by atoms with Crippen molar-refractivity contribution in [2.45, 2.75) is 12.5 Å². The number of rotatable bonds is 2. The molecule has 0 radical (unpaired) electrons. The van der Waals surface area contributed by atoms with Gasteiger partial charge in [0.1, 0.15) is 0 Å². The lowest BCUT2D eigenvalue weighted by atomic mass is 10.7. The Morgan fingerprint density at radius 3 is 2.71 bits per heavy atom. The van der Waals surface area contributed by atoms with Gasteiger partial charge in [0.2, 0.25) is 0 Å². The number of methoxy groups -OCH3 is 1. The molecule has 0 bridgehead atoms. The van der Waals surface area contributed by atoms with Crippen LogP contribution in [0.4, 0.5) is 0 Å². The van der Waals surface area contributed by atoms with Crippen LogP contribution in [0, 0.1) is 0 Å². The van der Waals surface area contributed by atoms with Crippen LogP contribution in [-0.2, 0) is 9.47 Å². The minimum absolute atomic E-state index is 0.00772. The van der Waals surface area contributed by atoms with E-state index in [2.05, 4.69) is 17.5 Å². The molecule has 3 nitrogen and oxygen atoms in total. The SMILES string of the molecule is COC1OC1NS. The standard InChI is InChI=1S/C3H7NO2S/c1-5-3-2(4-7)6-3/h2-4,7H,1H3. The van der Waals surface area contributed by atoms with Crippen molar-refractivity contribution in [2.75, 3.05) is 7.11 Å². The fourth-order valence-corrected chi connectivity index (χ4v) is 0.552. The smallest absolute Gasteiger partial charge is 0.200 e. The maximum absolute atomic E-state index is 4.81. The van der Waals surface area contributed by atoms with E-state index in [1.54, 1.807) is 7.11 Å². The Labute approximate surface area is 47.5 Å².